The van der Waals surface area contributed by atoms with Crippen LogP contribution in [0.15, 0.2) is 24.3 Å². The van der Waals surface area contributed by atoms with E-state index in [4.69, 9.17) is 17.3 Å². The molecule has 0 radical (unpaired) electrons. The van der Waals surface area contributed by atoms with E-state index in [-0.39, 0.29) is 17.3 Å². The molecule has 0 bridgehead atoms. The van der Waals surface area contributed by atoms with Gasteiger partial charge in [0.1, 0.15) is 0 Å². The van der Waals surface area contributed by atoms with E-state index in [9.17, 15) is 4.79 Å². The van der Waals surface area contributed by atoms with E-state index < -0.39 is 0 Å². The Morgan fingerprint density at radius 2 is 2.13 bits per heavy atom. The summed E-state index contributed by atoms with van der Waals surface area (Å²) in [5, 5.41) is 3.31. The quantitative estimate of drug-likeness (QED) is 0.790. The third-order valence-corrected chi connectivity index (χ3v) is 2.28. The lowest BCUT2D eigenvalue weighted by Crippen LogP contribution is -2.27. The van der Waals surface area contributed by atoms with Gasteiger partial charge in [0.05, 0.1) is 11.4 Å². The van der Waals surface area contributed by atoms with E-state index in [0.29, 0.717) is 11.6 Å². The van der Waals surface area contributed by atoms with Gasteiger partial charge in [0.25, 0.3) is 0 Å². The molecule has 1 amide bonds. The van der Waals surface area contributed by atoms with E-state index in [0.717, 1.165) is 5.56 Å². The van der Waals surface area contributed by atoms with Crippen LogP contribution >= 0.6 is 23.8 Å². The number of amides is 1. The summed E-state index contributed by atoms with van der Waals surface area (Å²) >= 11 is 10.5. The molecule has 0 aromatic heterocycles. The van der Waals surface area contributed by atoms with Gasteiger partial charge in [0.2, 0.25) is 5.91 Å². The Bertz CT molecular complexity index is 381. The van der Waals surface area contributed by atoms with Crippen LogP contribution < -0.4 is 11.1 Å². The van der Waals surface area contributed by atoms with Crippen molar-refractivity contribution in [2.45, 2.75) is 13.0 Å². The number of carbonyl (C=O) groups is 1. The molecule has 0 saturated heterocycles. The van der Waals surface area contributed by atoms with Crippen molar-refractivity contribution in [2.24, 2.45) is 5.73 Å². The molecule has 0 heterocycles. The van der Waals surface area contributed by atoms with Crippen molar-refractivity contribution in [3.05, 3.63) is 34.9 Å². The molecular weight excluding hydrogens is 232 g/mol. The molecule has 3 nitrogen and oxygen atoms in total. The van der Waals surface area contributed by atoms with E-state index >= 15 is 0 Å². The Hall–Kier alpha value is -1.13. The maximum Gasteiger partial charge on any atom is 0.227 e. The average Bonchev–Trinajstić information content (AvgIpc) is 2.15. The Labute approximate surface area is 98.6 Å². The van der Waals surface area contributed by atoms with Gasteiger partial charge in [-0.05, 0) is 11.6 Å². The fraction of sp³-hybridized carbons (Fsp3) is 0.200. The molecule has 1 rings (SSSR count). The van der Waals surface area contributed by atoms with Crippen LogP contribution in [-0.2, 0) is 11.3 Å². The molecule has 3 N–H and O–H groups in total. The topological polar surface area (TPSA) is 55.1 Å². The standard InChI is InChI=1S/C10H11ClN2OS/c11-8-4-2-1-3-7(8)6-13-10(14)5-9(12)15/h1-4H,5-6H2,(H2,12,15)(H,13,14). The zero-order valence-electron chi connectivity index (χ0n) is 8.00. The van der Waals surface area contributed by atoms with Crippen LogP contribution in [0.2, 0.25) is 5.02 Å². The van der Waals surface area contributed by atoms with Gasteiger partial charge in [-0.25, -0.2) is 0 Å². The maximum atomic E-state index is 11.2. The number of hydrogen-bond acceptors (Lipinski definition) is 2. The highest BCUT2D eigenvalue weighted by Crippen LogP contribution is 2.14. The van der Waals surface area contributed by atoms with Gasteiger partial charge in [0, 0.05) is 11.6 Å². The molecule has 5 heteroatoms. The fourth-order valence-corrected chi connectivity index (χ4v) is 1.39. The number of hydrogen-bond donors (Lipinski definition) is 2. The Balaban J connectivity index is 2.47. The van der Waals surface area contributed by atoms with Crippen LogP contribution in [0.5, 0.6) is 0 Å². The summed E-state index contributed by atoms with van der Waals surface area (Å²) in [5.41, 5.74) is 6.11. The lowest BCUT2D eigenvalue weighted by atomic mass is 10.2. The van der Waals surface area contributed by atoms with Gasteiger partial charge in [-0.1, -0.05) is 42.0 Å². The minimum atomic E-state index is -0.192. The summed E-state index contributed by atoms with van der Waals surface area (Å²) < 4.78 is 0. The lowest BCUT2D eigenvalue weighted by Gasteiger charge is -2.05. The third kappa shape index (κ3) is 4.27. The molecule has 0 unspecified atom stereocenters. The highest BCUT2D eigenvalue weighted by Gasteiger charge is 2.04. The van der Waals surface area contributed by atoms with E-state index in [1.807, 2.05) is 18.2 Å². The number of benzene rings is 1. The van der Waals surface area contributed by atoms with Gasteiger partial charge < -0.3 is 11.1 Å². The summed E-state index contributed by atoms with van der Waals surface area (Å²) in [6.45, 7) is 0.390. The van der Waals surface area contributed by atoms with Crippen molar-refractivity contribution in [3.8, 4) is 0 Å². The summed E-state index contributed by atoms with van der Waals surface area (Å²) in [6, 6.07) is 7.32. The molecule has 0 aliphatic rings. The average molecular weight is 243 g/mol. The molecule has 0 aliphatic carbocycles. The summed E-state index contributed by atoms with van der Waals surface area (Å²) in [5.74, 6) is -0.192. The number of rotatable bonds is 4. The SMILES string of the molecule is NC(=S)CC(=O)NCc1ccccc1Cl. The minimum Gasteiger partial charge on any atom is -0.393 e. The van der Waals surface area contributed by atoms with Crippen LogP contribution in [0, 0.1) is 0 Å². The second-order valence-corrected chi connectivity index (χ2v) is 3.94. The molecule has 1 aromatic rings. The van der Waals surface area contributed by atoms with Crippen LogP contribution in [-0.4, -0.2) is 10.9 Å². The maximum absolute atomic E-state index is 11.2. The predicted octanol–water partition coefficient (Wildman–Crippen LogP) is 1.63. The van der Waals surface area contributed by atoms with Crippen LogP contribution in [0.25, 0.3) is 0 Å². The fourth-order valence-electron chi connectivity index (χ4n) is 1.06. The summed E-state index contributed by atoms with van der Waals surface area (Å²) in [4.78, 5) is 11.4. The molecule has 0 fully saturated rings. The first-order valence-electron chi connectivity index (χ1n) is 4.38. The first-order valence-corrected chi connectivity index (χ1v) is 5.16. The molecule has 0 spiro atoms. The van der Waals surface area contributed by atoms with Crippen LogP contribution in [0.4, 0.5) is 0 Å². The number of thiocarbonyl (C=S) groups is 1. The number of nitrogens with two attached hydrogens (primary N) is 1. The van der Waals surface area contributed by atoms with Gasteiger partial charge in [-0.3, -0.25) is 4.79 Å². The Kier molecular flexibility index (Phi) is 4.52. The number of nitrogens with one attached hydrogen (secondary N) is 1. The smallest absolute Gasteiger partial charge is 0.227 e. The highest BCUT2D eigenvalue weighted by molar-refractivity contribution is 7.80. The highest BCUT2D eigenvalue weighted by atomic mass is 35.5. The monoisotopic (exact) mass is 242 g/mol. The Morgan fingerprint density at radius 1 is 1.47 bits per heavy atom. The van der Waals surface area contributed by atoms with E-state index in [1.165, 1.54) is 0 Å². The van der Waals surface area contributed by atoms with Crippen molar-refractivity contribution in [1.29, 1.82) is 0 Å². The van der Waals surface area contributed by atoms with Gasteiger partial charge in [-0.2, -0.15) is 0 Å². The van der Waals surface area contributed by atoms with E-state index in [2.05, 4.69) is 17.5 Å². The molecule has 15 heavy (non-hydrogen) atoms. The van der Waals surface area contributed by atoms with Crippen LogP contribution in [0.1, 0.15) is 12.0 Å². The first kappa shape index (κ1) is 11.9. The predicted molar refractivity (Wildman–Crippen MR) is 64.7 cm³/mol. The van der Waals surface area contributed by atoms with Crippen molar-refractivity contribution in [3.63, 3.8) is 0 Å². The van der Waals surface area contributed by atoms with Gasteiger partial charge >= 0.3 is 0 Å². The second-order valence-electron chi connectivity index (χ2n) is 3.01. The minimum absolute atomic E-state index is 0.0692. The third-order valence-electron chi connectivity index (χ3n) is 1.77. The summed E-state index contributed by atoms with van der Waals surface area (Å²) in [7, 11) is 0. The zero-order chi connectivity index (χ0) is 11.3. The first-order chi connectivity index (χ1) is 7.09. The van der Waals surface area contributed by atoms with Crippen molar-refractivity contribution < 1.29 is 4.79 Å². The molecule has 0 aliphatic heterocycles. The van der Waals surface area contributed by atoms with Crippen LogP contribution in [0.3, 0.4) is 0 Å². The number of carbonyl (C=O) groups excluding carboxylic acids is 1. The molecule has 80 valence electrons. The van der Waals surface area contributed by atoms with Gasteiger partial charge in [0.15, 0.2) is 0 Å². The Morgan fingerprint density at radius 3 is 2.73 bits per heavy atom. The molecule has 0 saturated carbocycles. The second kappa shape index (κ2) is 5.68. The van der Waals surface area contributed by atoms with Gasteiger partial charge in [-0.15, -0.1) is 0 Å². The lowest BCUT2D eigenvalue weighted by molar-refractivity contribution is -0.120. The van der Waals surface area contributed by atoms with Crippen molar-refractivity contribution >= 4 is 34.7 Å². The summed E-state index contributed by atoms with van der Waals surface area (Å²) in [6.07, 6.45) is 0.0692. The molecule has 1 aromatic carbocycles. The van der Waals surface area contributed by atoms with Crippen molar-refractivity contribution in [1.82, 2.24) is 5.32 Å². The number of halogens is 1. The largest absolute Gasteiger partial charge is 0.393 e. The van der Waals surface area contributed by atoms with Crippen molar-refractivity contribution in [2.75, 3.05) is 0 Å². The molecule has 0 atom stereocenters. The van der Waals surface area contributed by atoms with E-state index in [1.54, 1.807) is 6.07 Å². The molecular formula is C10H11ClN2OS. The normalized spacial score (nSPS) is 9.67. The zero-order valence-corrected chi connectivity index (χ0v) is 9.57.